The molecule has 0 saturated carbocycles. The van der Waals surface area contributed by atoms with Gasteiger partial charge in [-0.15, -0.1) is 0 Å². The Labute approximate surface area is 352 Å². The zero-order valence-corrected chi connectivity index (χ0v) is 36.6. The molecule has 2 aromatic carbocycles. The lowest BCUT2D eigenvalue weighted by Crippen LogP contribution is -2.50. The number of amides is 4. The molecule has 0 radical (unpaired) electrons. The maximum absolute atomic E-state index is 15.1. The Morgan fingerprint density at radius 2 is 1.65 bits per heavy atom. The number of aliphatic carboxylic acids is 1. The minimum Gasteiger partial charge on any atom is -0.480 e. The number of benzene rings is 2. The van der Waals surface area contributed by atoms with Crippen LogP contribution in [0.2, 0.25) is 25.7 Å². The van der Waals surface area contributed by atoms with Crippen LogP contribution in [-0.4, -0.2) is 107 Å². The Hall–Kier alpha value is -4.97. The van der Waals surface area contributed by atoms with E-state index in [-0.39, 0.29) is 38.1 Å². The maximum atomic E-state index is 15.1. The number of carbonyl (C=O) groups is 5. The third kappa shape index (κ3) is 14.6. The van der Waals surface area contributed by atoms with Gasteiger partial charge in [0, 0.05) is 57.1 Å². The lowest BCUT2D eigenvalue weighted by molar-refractivity contribution is -0.149. The van der Waals surface area contributed by atoms with Crippen LogP contribution >= 0.6 is 0 Å². The Kier molecular flexibility index (Phi) is 18.6. The van der Waals surface area contributed by atoms with Crippen molar-refractivity contribution in [3.63, 3.8) is 0 Å². The summed E-state index contributed by atoms with van der Waals surface area (Å²) >= 11 is 0. The largest absolute Gasteiger partial charge is 0.480 e. The van der Waals surface area contributed by atoms with Crippen LogP contribution in [0.4, 0.5) is 13.6 Å². The Balaban J connectivity index is 1.83. The van der Waals surface area contributed by atoms with E-state index in [0.717, 1.165) is 23.8 Å². The molecule has 0 aliphatic carbocycles. The number of imide groups is 1. The molecule has 60 heavy (non-hydrogen) atoms. The molecule has 4 amide bonds. The summed E-state index contributed by atoms with van der Waals surface area (Å²) in [6, 6.07) is 11.4. The van der Waals surface area contributed by atoms with E-state index in [9.17, 15) is 38.6 Å². The van der Waals surface area contributed by atoms with Crippen LogP contribution in [0.5, 0.6) is 0 Å². The van der Waals surface area contributed by atoms with E-state index in [0.29, 0.717) is 48.1 Å². The minimum atomic E-state index is -1.62. The first-order valence-corrected chi connectivity index (χ1v) is 23.9. The number of nitrogens with one attached hydrogen (secondary N) is 1. The first kappa shape index (κ1) is 49.4. The van der Waals surface area contributed by atoms with Crippen LogP contribution in [0, 0.1) is 17.0 Å². The Bertz CT molecular complexity index is 1920. The number of hydrogen-bond acceptors (Lipinski definition) is 9. The van der Waals surface area contributed by atoms with Gasteiger partial charge in [-0.3, -0.25) is 14.4 Å². The number of ether oxygens (including phenoxy) is 1. The average molecular weight is 857 g/mol. The molecule has 3 atom stereocenters. The van der Waals surface area contributed by atoms with Gasteiger partial charge in [0.1, 0.15) is 24.3 Å². The second-order valence-corrected chi connectivity index (χ2v) is 22.8. The summed E-state index contributed by atoms with van der Waals surface area (Å²) in [5.41, 5.74) is 13.1. The standard InChI is InChI=1S/C43H62F2N6O8Si/c1-43(2,3)39(36-24-30(32-25-31(44)15-16-33(32)45)27-49(36)26-29-12-8-7-9-13-29)50(38(54)28-52)21-18-34(47)40(55)48-20-17-37(53)51(35(41(56)57)14-10-11-19-46)42(58)59-22-23-60(4,5)6/h7-9,12-13,15-16,24-25,27,34-35,39,52H,10-11,14,17-23,26,28,46-47H2,1-6H3,(H,48,55)(H,56,57)/t34-,35-,39-/m0/s1. The molecule has 330 valence electrons. The van der Waals surface area contributed by atoms with Crippen molar-refractivity contribution in [3.05, 3.63) is 83.7 Å². The van der Waals surface area contributed by atoms with Crippen molar-refractivity contribution in [2.24, 2.45) is 16.9 Å². The fraction of sp³-hybridized carbons (Fsp3) is 0.512. The number of hydrogen-bond donors (Lipinski definition) is 5. The molecule has 7 N–H and O–H groups in total. The van der Waals surface area contributed by atoms with Gasteiger partial charge < -0.3 is 41.2 Å². The van der Waals surface area contributed by atoms with E-state index in [1.807, 2.05) is 55.7 Å². The first-order chi connectivity index (χ1) is 28.2. The smallest absolute Gasteiger partial charge is 0.417 e. The number of aromatic nitrogens is 1. The quantitative estimate of drug-likeness (QED) is 0.0633. The van der Waals surface area contributed by atoms with E-state index >= 15 is 4.39 Å². The molecule has 17 heteroatoms. The molecule has 1 heterocycles. The van der Waals surface area contributed by atoms with Crippen molar-refractivity contribution in [1.82, 2.24) is 19.7 Å². The highest BCUT2D eigenvalue weighted by Gasteiger charge is 2.38. The van der Waals surface area contributed by atoms with E-state index in [4.69, 9.17) is 16.2 Å². The number of halogens is 2. The highest BCUT2D eigenvalue weighted by atomic mass is 28.3. The molecule has 0 fully saturated rings. The molecule has 0 aliphatic rings. The number of carboxylic acid groups (broad SMARTS) is 1. The van der Waals surface area contributed by atoms with Crippen molar-refractivity contribution in [2.75, 3.05) is 32.8 Å². The number of nitrogens with zero attached hydrogens (tertiary/aromatic N) is 3. The summed E-state index contributed by atoms with van der Waals surface area (Å²) in [6.07, 6.45) is 0.898. The van der Waals surface area contributed by atoms with Crippen LogP contribution in [0.25, 0.3) is 11.1 Å². The molecule has 3 aromatic rings. The van der Waals surface area contributed by atoms with Crippen LogP contribution < -0.4 is 16.8 Å². The molecule has 0 unspecified atom stereocenters. The lowest BCUT2D eigenvalue weighted by atomic mass is 9.82. The fourth-order valence-corrected chi connectivity index (χ4v) is 7.53. The predicted octanol–water partition coefficient (Wildman–Crippen LogP) is 5.50. The molecule has 1 aromatic heterocycles. The van der Waals surface area contributed by atoms with Crippen molar-refractivity contribution in [1.29, 1.82) is 0 Å². The predicted molar refractivity (Wildman–Crippen MR) is 227 cm³/mol. The summed E-state index contributed by atoms with van der Waals surface area (Å²) in [7, 11) is -1.62. The topological polar surface area (TPSA) is 211 Å². The van der Waals surface area contributed by atoms with E-state index in [1.54, 1.807) is 12.3 Å². The molecular weight excluding hydrogens is 795 g/mol. The van der Waals surface area contributed by atoms with E-state index < -0.39 is 86.1 Å². The number of carboxylic acids is 1. The summed E-state index contributed by atoms with van der Waals surface area (Å²) in [5, 5.41) is 22.7. The van der Waals surface area contributed by atoms with Crippen molar-refractivity contribution in [3.8, 4) is 11.1 Å². The zero-order chi connectivity index (χ0) is 44.8. The number of aliphatic hydroxyl groups is 1. The highest BCUT2D eigenvalue weighted by Crippen LogP contribution is 2.41. The second-order valence-electron chi connectivity index (χ2n) is 17.2. The lowest BCUT2D eigenvalue weighted by Gasteiger charge is -2.41. The molecule has 3 rings (SSSR count). The summed E-state index contributed by atoms with van der Waals surface area (Å²) in [4.78, 5) is 67.7. The van der Waals surface area contributed by atoms with Crippen LogP contribution in [0.1, 0.15) is 70.2 Å². The van der Waals surface area contributed by atoms with Gasteiger partial charge in [-0.05, 0) is 73.5 Å². The van der Waals surface area contributed by atoms with Gasteiger partial charge in [0.2, 0.25) is 17.7 Å². The summed E-state index contributed by atoms with van der Waals surface area (Å²) in [5.74, 6) is -4.83. The molecule has 0 spiro atoms. The second kappa shape index (κ2) is 22.6. The number of rotatable bonds is 22. The van der Waals surface area contributed by atoms with Crippen LogP contribution in [-0.2, 0) is 30.5 Å². The van der Waals surface area contributed by atoms with Gasteiger partial charge in [0.25, 0.3) is 0 Å². The Morgan fingerprint density at radius 3 is 2.25 bits per heavy atom. The van der Waals surface area contributed by atoms with Gasteiger partial charge in [-0.25, -0.2) is 23.3 Å². The summed E-state index contributed by atoms with van der Waals surface area (Å²) < 4.78 is 36.7. The van der Waals surface area contributed by atoms with Crippen LogP contribution in [0.15, 0.2) is 60.8 Å². The monoisotopic (exact) mass is 856 g/mol. The molecular formula is C43H62F2N6O8Si. The molecule has 14 nitrogen and oxygen atoms in total. The van der Waals surface area contributed by atoms with Crippen LogP contribution in [0.3, 0.4) is 0 Å². The first-order valence-electron chi connectivity index (χ1n) is 20.2. The average Bonchev–Trinajstić information content (AvgIpc) is 3.57. The third-order valence-electron chi connectivity index (χ3n) is 9.96. The van der Waals surface area contributed by atoms with E-state index in [1.165, 1.54) is 4.90 Å². The normalized spacial score (nSPS) is 13.2. The molecule has 0 bridgehead atoms. The summed E-state index contributed by atoms with van der Waals surface area (Å²) in [6.45, 7) is 11.3. The zero-order valence-electron chi connectivity index (χ0n) is 35.6. The molecule has 0 aliphatic heterocycles. The van der Waals surface area contributed by atoms with Gasteiger partial charge in [-0.1, -0.05) is 70.7 Å². The van der Waals surface area contributed by atoms with E-state index in [2.05, 4.69) is 25.0 Å². The number of unbranched alkanes of at least 4 members (excludes halogenated alkanes) is 1. The van der Waals surface area contributed by atoms with Crippen molar-refractivity contribution in [2.45, 2.75) is 103 Å². The Morgan fingerprint density at radius 1 is 0.967 bits per heavy atom. The number of nitrogens with two attached hydrogens (primary N) is 2. The van der Waals surface area contributed by atoms with Gasteiger partial charge in [0.05, 0.1) is 18.7 Å². The number of aliphatic hydroxyl groups excluding tert-OH is 1. The van der Waals surface area contributed by atoms with Gasteiger partial charge in [0.15, 0.2) is 0 Å². The molecule has 0 saturated heterocycles. The number of carbonyl (C=O) groups excluding carboxylic acids is 4. The van der Waals surface area contributed by atoms with Crippen molar-refractivity contribution < 1.29 is 47.7 Å². The fourth-order valence-electron chi connectivity index (χ4n) is 6.82. The maximum Gasteiger partial charge on any atom is 0.417 e. The third-order valence-corrected chi connectivity index (χ3v) is 11.7. The van der Waals surface area contributed by atoms with Gasteiger partial charge in [-0.2, -0.15) is 0 Å². The van der Waals surface area contributed by atoms with Crippen molar-refractivity contribution >= 4 is 37.9 Å². The highest BCUT2D eigenvalue weighted by molar-refractivity contribution is 6.76. The minimum absolute atomic E-state index is 0.0243. The van der Waals surface area contributed by atoms with Gasteiger partial charge >= 0.3 is 12.1 Å². The SMILES string of the molecule is CC(C)(C)[C@H](c1cc(-c2cc(F)ccc2F)cn1Cc1ccccc1)N(CC[C@H](N)C(=O)NCCC(=O)N(C(=O)OCC[Si](C)(C)C)[C@@H](CCCCN)C(=O)O)C(=O)CO.